The molecular weight excluding hydrogens is 428 g/mol. The lowest BCUT2D eigenvalue weighted by Gasteiger charge is -2.28. The summed E-state index contributed by atoms with van der Waals surface area (Å²) in [6.07, 6.45) is 1.83. The van der Waals surface area contributed by atoms with Gasteiger partial charge in [0.25, 0.3) is 0 Å². The van der Waals surface area contributed by atoms with Crippen LogP contribution in [-0.4, -0.2) is 15.1 Å². The molecule has 0 bridgehead atoms. The summed E-state index contributed by atoms with van der Waals surface area (Å²) < 4.78 is 6.02. The number of nitrogens with one attached hydrogen (secondary N) is 2. The first kappa shape index (κ1) is 21.2. The van der Waals surface area contributed by atoms with Crippen molar-refractivity contribution in [1.29, 1.82) is 0 Å². The maximum Gasteiger partial charge on any atom is 0.174 e. The van der Waals surface area contributed by atoms with Gasteiger partial charge in [-0.1, -0.05) is 23.8 Å². The van der Waals surface area contributed by atoms with Crippen molar-refractivity contribution in [3.8, 4) is 11.5 Å². The summed E-state index contributed by atoms with van der Waals surface area (Å²) in [5, 5.41) is 4.19. The Morgan fingerprint density at radius 2 is 1.61 bits per heavy atom. The van der Waals surface area contributed by atoms with Crippen LogP contribution in [0.25, 0.3) is 0 Å². The average molecular weight is 455 g/mol. The summed E-state index contributed by atoms with van der Waals surface area (Å²) in [5.41, 5.74) is 6.64. The largest absolute Gasteiger partial charge is 0.457 e. The quantitative estimate of drug-likeness (QED) is 0.346. The first-order valence-electron chi connectivity index (χ1n) is 11.0. The minimum absolute atomic E-state index is 0.0267. The Labute approximate surface area is 199 Å². The molecule has 0 saturated carbocycles. The molecule has 1 aliphatic heterocycles. The van der Waals surface area contributed by atoms with E-state index in [1.54, 1.807) is 0 Å². The highest BCUT2D eigenvalue weighted by atomic mass is 32.1. The highest BCUT2D eigenvalue weighted by molar-refractivity contribution is 7.80. The zero-order valence-electron chi connectivity index (χ0n) is 18.9. The third kappa shape index (κ3) is 4.22. The van der Waals surface area contributed by atoms with Gasteiger partial charge in [-0.2, -0.15) is 0 Å². The zero-order chi connectivity index (χ0) is 22.9. The fraction of sp³-hybridized carbons (Fsp3) is 0.185. The second-order valence-electron chi connectivity index (χ2n) is 8.44. The van der Waals surface area contributed by atoms with Gasteiger partial charge in [0.2, 0.25) is 0 Å². The molecule has 2 aromatic heterocycles. The molecule has 0 unspecified atom stereocenters. The van der Waals surface area contributed by atoms with Gasteiger partial charge in [-0.25, -0.2) is 0 Å². The fourth-order valence-electron chi connectivity index (χ4n) is 4.42. The van der Waals surface area contributed by atoms with Gasteiger partial charge in [0.15, 0.2) is 5.11 Å². The maximum absolute atomic E-state index is 6.02. The number of hydrogen-bond donors (Lipinski definition) is 2. The van der Waals surface area contributed by atoms with E-state index in [4.69, 9.17) is 17.0 Å². The van der Waals surface area contributed by atoms with E-state index in [1.807, 2.05) is 60.8 Å². The van der Waals surface area contributed by atoms with Gasteiger partial charge in [-0.05, 0) is 93.1 Å². The highest BCUT2D eigenvalue weighted by Gasteiger charge is 2.41. The summed E-state index contributed by atoms with van der Waals surface area (Å²) in [6, 6.07) is 24.2. The fourth-order valence-corrected chi connectivity index (χ4v) is 4.76. The minimum Gasteiger partial charge on any atom is -0.457 e. The smallest absolute Gasteiger partial charge is 0.174 e. The summed E-state index contributed by atoms with van der Waals surface area (Å²) >= 11 is 5.82. The number of hydrogen-bond acceptors (Lipinski definition) is 3. The summed E-state index contributed by atoms with van der Waals surface area (Å²) in [6.45, 7) is 6.25. The van der Waals surface area contributed by atoms with Crippen LogP contribution in [0.4, 0.5) is 5.69 Å². The molecule has 2 aromatic carbocycles. The number of aromatic nitrogens is 2. The normalized spacial score (nSPS) is 17.8. The van der Waals surface area contributed by atoms with Crippen LogP contribution in [0.15, 0.2) is 79.0 Å². The summed E-state index contributed by atoms with van der Waals surface area (Å²) in [4.78, 5) is 10.2. The summed E-state index contributed by atoms with van der Waals surface area (Å²) in [5.74, 6) is 1.60. The lowest BCUT2D eigenvalue weighted by atomic mass is 9.96. The number of aryl methyl sites for hydroxylation is 3. The van der Waals surface area contributed by atoms with E-state index < -0.39 is 0 Å². The van der Waals surface area contributed by atoms with E-state index in [-0.39, 0.29) is 12.1 Å². The van der Waals surface area contributed by atoms with Crippen LogP contribution in [0.1, 0.15) is 40.3 Å². The van der Waals surface area contributed by atoms with E-state index in [1.165, 1.54) is 11.1 Å². The van der Waals surface area contributed by atoms with Crippen LogP contribution in [0, 0.1) is 20.8 Å². The SMILES string of the molecule is Cc1ccc(Oc2ccc(N3C(=S)N[C@@H](c4ccccn4)[C@@H]3c3cc(C)[nH]c3C)cc2)cc1. The van der Waals surface area contributed by atoms with Crippen LogP contribution in [0.3, 0.4) is 0 Å². The van der Waals surface area contributed by atoms with Crippen LogP contribution in [-0.2, 0) is 0 Å². The Bertz CT molecular complexity index is 1270. The molecule has 6 heteroatoms. The molecule has 166 valence electrons. The van der Waals surface area contributed by atoms with Crippen molar-refractivity contribution in [3.63, 3.8) is 0 Å². The van der Waals surface area contributed by atoms with Crippen molar-refractivity contribution in [2.45, 2.75) is 32.9 Å². The number of H-pyrrole nitrogens is 1. The highest BCUT2D eigenvalue weighted by Crippen LogP contribution is 2.43. The van der Waals surface area contributed by atoms with E-state index >= 15 is 0 Å². The molecule has 5 rings (SSSR count). The number of rotatable bonds is 5. The molecule has 1 saturated heterocycles. The van der Waals surface area contributed by atoms with Crippen molar-refractivity contribution in [1.82, 2.24) is 15.3 Å². The molecule has 5 nitrogen and oxygen atoms in total. The Hall–Kier alpha value is -3.64. The third-order valence-electron chi connectivity index (χ3n) is 5.98. The first-order chi connectivity index (χ1) is 16.0. The van der Waals surface area contributed by atoms with E-state index in [0.717, 1.165) is 34.3 Å². The van der Waals surface area contributed by atoms with Gasteiger partial charge in [-0.15, -0.1) is 0 Å². The lowest BCUT2D eigenvalue weighted by molar-refractivity contribution is 0.482. The van der Waals surface area contributed by atoms with E-state index in [0.29, 0.717) is 5.11 Å². The number of pyridine rings is 1. The maximum atomic E-state index is 6.02. The van der Waals surface area contributed by atoms with Crippen LogP contribution in [0.2, 0.25) is 0 Å². The van der Waals surface area contributed by atoms with Gasteiger partial charge < -0.3 is 19.9 Å². The molecule has 4 aromatic rings. The number of thiocarbonyl (C=S) groups is 1. The Balaban J connectivity index is 1.49. The van der Waals surface area contributed by atoms with Crippen LogP contribution in [0.5, 0.6) is 11.5 Å². The molecule has 2 atom stereocenters. The van der Waals surface area contributed by atoms with Gasteiger partial charge >= 0.3 is 0 Å². The molecule has 0 aliphatic carbocycles. The number of nitrogens with zero attached hydrogens (tertiary/aromatic N) is 2. The Morgan fingerprint density at radius 3 is 2.21 bits per heavy atom. The molecular formula is C27H26N4OS. The monoisotopic (exact) mass is 454 g/mol. The van der Waals surface area contributed by atoms with Gasteiger partial charge in [0.1, 0.15) is 11.5 Å². The lowest BCUT2D eigenvalue weighted by Crippen LogP contribution is -2.29. The van der Waals surface area contributed by atoms with Crippen LogP contribution < -0.4 is 15.0 Å². The molecule has 0 amide bonds. The van der Waals surface area contributed by atoms with Gasteiger partial charge in [-0.3, -0.25) is 4.98 Å². The van der Waals surface area contributed by atoms with Crippen molar-refractivity contribution < 1.29 is 4.74 Å². The third-order valence-corrected chi connectivity index (χ3v) is 6.29. The van der Waals surface area contributed by atoms with Crippen molar-refractivity contribution in [3.05, 3.63) is 107 Å². The second kappa shape index (κ2) is 8.71. The number of aromatic amines is 1. The summed E-state index contributed by atoms with van der Waals surface area (Å²) in [7, 11) is 0. The molecule has 1 aliphatic rings. The molecule has 0 spiro atoms. The Morgan fingerprint density at radius 1 is 0.909 bits per heavy atom. The van der Waals surface area contributed by atoms with E-state index in [9.17, 15) is 0 Å². The topological polar surface area (TPSA) is 53.2 Å². The molecule has 2 N–H and O–H groups in total. The predicted octanol–water partition coefficient (Wildman–Crippen LogP) is 6.30. The molecule has 0 radical (unpaired) electrons. The number of ether oxygens (including phenoxy) is 1. The Kier molecular flexibility index (Phi) is 5.60. The van der Waals surface area contributed by atoms with Gasteiger partial charge in [0.05, 0.1) is 17.8 Å². The first-order valence-corrected chi connectivity index (χ1v) is 11.4. The average Bonchev–Trinajstić information content (AvgIpc) is 3.34. The van der Waals surface area contributed by atoms with Crippen LogP contribution >= 0.6 is 12.2 Å². The number of anilines is 1. The van der Waals surface area contributed by atoms with E-state index in [2.05, 4.69) is 59.2 Å². The minimum atomic E-state index is -0.0592. The molecule has 3 heterocycles. The van der Waals surface area contributed by atoms with Crippen molar-refractivity contribution >= 4 is 23.0 Å². The standard InChI is InChI=1S/C27H26N4OS/c1-17-7-11-21(12-8-17)32-22-13-9-20(10-14-22)31-26(23-16-18(2)29-19(23)3)25(30-27(31)33)24-6-4-5-15-28-24/h4-16,25-26,29H,1-3H3,(H,30,33)/t25-,26-/m0/s1. The second-order valence-corrected chi connectivity index (χ2v) is 8.83. The predicted molar refractivity (Wildman–Crippen MR) is 136 cm³/mol. The zero-order valence-corrected chi connectivity index (χ0v) is 19.7. The van der Waals surface area contributed by atoms with Crippen molar-refractivity contribution in [2.24, 2.45) is 0 Å². The molecule has 33 heavy (non-hydrogen) atoms. The van der Waals surface area contributed by atoms with Crippen molar-refractivity contribution in [2.75, 3.05) is 4.90 Å². The number of benzene rings is 2. The molecule has 1 fully saturated rings. The van der Waals surface area contributed by atoms with Gasteiger partial charge in [0, 0.05) is 23.3 Å².